The van der Waals surface area contributed by atoms with E-state index in [1.807, 2.05) is 24.3 Å². The van der Waals surface area contributed by atoms with E-state index in [1.165, 1.54) is 4.90 Å². The van der Waals surface area contributed by atoms with Gasteiger partial charge in [-0.3, -0.25) is 19.4 Å². The van der Waals surface area contributed by atoms with E-state index in [0.29, 0.717) is 17.7 Å². The van der Waals surface area contributed by atoms with E-state index in [9.17, 15) is 14.4 Å². The van der Waals surface area contributed by atoms with Gasteiger partial charge in [0.1, 0.15) is 0 Å². The number of hydrogen-bond donors (Lipinski definition) is 1. The fourth-order valence-electron chi connectivity index (χ4n) is 3.36. The molecule has 0 unspecified atom stereocenters. The summed E-state index contributed by atoms with van der Waals surface area (Å²) in [6, 6.07) is 14.4. The molecular formula is C19H17N3O3. The zero-order valence-electron chi connectivity index (χ0n) is 13.6. The third-order valence-electron chi connectivity index (χ3n) is 4.62. The third-order valence-corrected chi connectivity index (χ3v) is 4.62. The van der Waals surface area contributed by atoms with Gasteiger partial charge in [-0.2, -0.15) is 0 Å². The first-order valence-electron chi connectivity index (χ1n) is 8.25. The lowest BCUT2D eigenvalue weighted by molar-refractivity contribution is 0.0656. The van der Waals surface area contributed by atoms with E-state index in [4.69, 9.17) is 0 Å². The number of rotatable bonds is 3. The lowest BCUT2D eigenvalue weighted by Gasteiger charge is -2.19. The quantitative estimate of drug-likeness (QED) is 0.873. The number of carbonyl (C=O) groups is 3. The van der Waals surface area contributed by atoms with Crippen LogP contribution in [0.1, 0.15) is 26.3 Å². The molecule has 0 radical (unpaired) electrons. The summed E-state index contributed by atoms with van der Waals surface area (Å²) >= 11 is 0. The summed E-state index contributed by atoms with van der Waals surface area (Å²) in [6.07, 6.45) is 0.835. The summed E-state index contributed by atoms with van der Waals surface area (Å²) in [4.78, 5) is 39.8. The Balaban J connectivity index is 1.37. The predicted molar refractivity (Wildman–Crippen MR) is 92.7 cm³/mol. The van der Waals surface area contributed by atoms with Crippen LogP contribution in [-0.4, -0.2) is 42.4 Å². The second-order valence-corrected chi connectivity index (χ2v) is 6.07. The molecule has 0 aliphatic carbocycles. The lowest BCUT2D eigenvalue weighted by atomic mass is 10.1. The highest BCUT2D eigenvalue weighted by molar-refractivity contribution is 6.21. The number of nitrogens with zero attached hydrogens (tertiary/aromatic N) is 2. The Morgan fingerprint density at radius 2 is 1.60 bits per heavy atom. The van der Waals surface area contributed by atoms with Crippen LogP contribution in [0.4, 0.5) is 10.5 Å². The smallest absolute Gasteiger partial charge is 0.321 e. The maximum absolute atomic E-state index is 12.4. The van der Waals surface area contributed by atoms with Crippen LogP contribution in [0.15, 0.2) is 48.5 Å². The largest absolute Gasteiger partial charge is 0.336 e. The Bertz CT molecular complexity index is 843. The number of hydrogen-bond acceptors (Lipinski definition) is 3. The summed E-state index contributed by atoms with van der Waals surface area (Å²) in [6.45, 7) is 1.02. The van der Waals surface area contributed by atoms with Gasteiger partial charge in [-0.25, -0.2) is 4.79 Å². The predicted octanol–water partition coefficient (Wildman–Crippen LogP) is 2.05. The molecule has 2 aromatic rings. The normalized spacial score (nSPS) is 15.4. The molecule has 6 nitrogen and oxygen atoms in total. The molecule has 25 heavy (non-hydrogen) atoms. The lowest BCUT2D eigenvalue weighted by Crippen LogP contribution is -2.43. The molecule has 0 fully saturated rings. The molecule has 0 saturated heterocycles. The summed E-state index contributed by atoms with van der Waals surface area (Å²) < 4.78 is 0. The minimum absolute atomic E-state index is 0.160. The number of para-hydroxylation sites is 1. The summed E-state index contributed by atoms with van der Waals surface area (Å²) in [5.41, 5.74) is 2.92. The minimum atomic E-state index is -0.304. The van der Waals surface area contributed by atoms with Crippen molar-refractivity contribution in [2.75, 3.05) is 24.5 Å². The number of benzene rings is 2. The van der Waals surface area contributed by atoms with Crippen molar-refractivity contribution >= 4 is 23.5 Å². The van der Waals surface area contributed by atoms with Crippen molar-refractivity contribution in [2.24, 2.45) is 0 Å². The molecule has 1 N–H and O–H groups in total. The molecule has 0 aromatic heterocycles. The molecule has 0 spiro atoms. The molecule has 2 heterocycles. The Morgan fingerprint density at radius 3 is 2.32 bits per heavy atom. The van der Waals surface area contributed by atoms with E-state index >= 15 is 0 Å². The molecule has 0 atom stereocenters. The second-order valence-electron chi connectivity index (χ2n) is 6.07. The van der Waals surface area contributed by atoms with Crippen LogP contribution < -0.4 is 10.2 Å². The zero-order valence-corrected chi connectivity index (χ0v) is 13.6. The van der Waals surface area contributed by atoms with Crippen molar-refractivity contribution in [3.63, 3.8) is 0 Å². The molecule has 0 saturated carbocycles. The van der Waals surface area contributed by atoms with E-state index < -0.39 is 0 Å². The first kappa shape index (κ1) is 15.4. The van der Waals surface area contributed by atoms with Gasteiger partial charge in [0, 0.05) is 25.3 Å². The highest BCUT2D eigenvalue weighted by Gasteiger charge is 2.34. The van der Waals surface area contributed by atoms with Crippen molar-refractivity contribution in [3.8, 4) is 0 Å². The van der Waals surface area contributed by atoms with Crippen molar-refractivity contribution in [1.82, 2.24) is 10.2 Å². The molecule has 126 valence electrons. The van der Waals surface area contributed by atoms with Gasteiger partial charge >= 0.3 is 6.03 Å². The topological polar surface area (TPSA) is 69.7 Å². The maximum atomic E-state index is 12.4. The van der Waals surface area contributed by atoms with Gasteiger partial charge in [0.25, 0.3) is 11.8 Å². The van der Waals surface area contributed by atoms with Crippen molar-refractivity contribution < 1.29 is 14.4 Å². The van der Waals surface area contributed by atoms with Crippen molar-refractivity contribution in [2.45, 2.75) is 6.42 Å². The molecular weight excluding hydrogens is 318 g/mol. The third kappa shape index (κ3) is 2.55. The first-order valence-corrected chi connectivity index (χ1v) is 8.25. The fourth-order valence-corrected chi connectivity index (χ4v) is 3.36. The average molecular weight is 335 g/mol. The molecule has 2 aromatic carbocycles. The SMILES string of the molecule is O=C1c2ccccc2C(=O)N1CCNC(=O)N1CCc2ccccc21. The van der Waals surface area contributed by atoms with Crippen LogP contribution >= 0.6 is 0 Å². The zero-order chi connectivity index (χ0) is 17.4. The van der Waals surface area contributed by atoms with Gasteiger partial charge in [0.2, 0.25) is 0 Å². The summed E-state index contributed by atoms with van der Waals surface area (Å²) in [5, 5.41) is 2.80. The van der Waals surface area contributed by atoms with Crippen molar-refractivity contribution in [3.05, 3.63) is 65.2 Å². The maximum Gasteiger partial charge on any atom is 0.321 e. The summed E-state index contributed by atoms with van der Waals surface area (Å²) in [5.74, 6) is -0.609. The molecule has 4 rings (SSSR count). The fraction of sp³-hybridized carbons (Fsp3) is 0.211. The van der Waals surface area contributed by atoms with E-state index in [0.717, 1.165) is 17.7 Å². The number of carbonyl (C=O) groups excluding carboxylic acids is 3. The van der Waals surface area contributed by atoms with Crippen LogP contribution in [0.5, 0.6) is 0 Å². The van der Waals surface area contributed by atoms with Gasteiger partial charge in [0.15, 0.2) is 0 Å². The van der Waals surface area contributed by atoms with Crippen LogP contribution in [0.3, 0.4) is 0 Å². The molecule has 0 bridgehead atoms. The van der Waals surface area contributed by atoms with Gasteiger partial charge in [-0.05, 0) is 30.2 Å². The van der Waals surface area contributed by atoms with Gasteiger partial charge in [0.05, 0.1) is 11.1 Å². The van der Waals surface area contributed by atoms with Gasteiger partial charge in [-0.1, -0.05) is 30.3 Å². The second kappa shape index (κ2) is 6.05. The van der Waals surface area contributed by atoms with Crippen molar-refractivity contribution in [1.29, 1.82) is 0 Å². The van der Waals surface area contributed by atoms with Gasteiger partial charge in [-0.15, -0.1) is 0 Å². The monoisotopic (exact) mass is 335 g/mol. The van der Waals surface area contributed by atoms with Crippen LogP contribution in [0, 0.1) is 0 Å². The number of amides is 4. The Labute approximate surface area is 145 Å². The molecule has 2 aliphatic heterocycles. The highest BCUT2D eigenvalue weighted by atomic mass is 16.2. The first-order chi connectivity index (χ1) is 12.2. The Hall–Kier alpha value is -3.15. The number of anilines is 1. The number of fused-ring (bicyclic) bond motifs is 2. The van der Waals surface area contributed by atoms with Crippen LogP contribution in [0.25, 0.3) is 0 Å². The molecule has 2 aliphatic rings. The van der Waals surface area contributed by atoms with E-state index in [2.05, 4.69) is 5.32 Å². The Morgan fingerprint density at radius 1 is 0.960 bits per heavy atom. The summed E-state index contributed by atoms with van der Waals surface area (Å²) in [7, 11) is 0. The average Bonchev–Trinajstić information content (AvgIpc) is 3.17. The number of imide groups is 1. The van der Waals surface area contributed by atoms with E-state index in [-0.39, 0.29) is 30.9 Å². The van der Waals surface area contributed by atoms with Crippen LogP contribution in [-0.2, 0) is 6.42 Å². The van der Waals surface area contributed by atoms with Gasteiger partial charge < -0.3 is 5.32 Å². The number of nitrogens with one attached hydrogen (secondary N) is 1. The van der Waals surface area contributed by atoms with E-state index in [1.54, 1.807) is 29.2 Å². The number of urea groups is 1. The Kier molecular flexibility index (Phi) is 3.72. The molecule has 6 heteroatoms. The minimum Gasteiger partial charge on any atom is -0.336 e. The van der Waals surface area contributed by atoms with Crippen LogP contribution in [0.2, 0.25) is 0 Å². The molecule has 4 amide bonds. The highest BCUT2D eigenvalue weighted by Crippen LogP contribution is 2.27. The standard InChI is InChI=1S/C19H17N3O3/c23-17-14-6-2-3-7-15(14)18(24)22(17)12-10-20-19(25)21-11-9-13-5-1-4-8-16(13)21/h1-8H,9-12H2,(H,20,25).